The largest absolute Gasteiger partial charge is 0.332 e. The summed E-state index contributed by atoms with van der Waals surface area (Å²) in [5.41, 5.74) is 8.32. The number of carbonyl (C=O) groups is 1. The smallest absolute Gasteiger partial charge is 0.319 e. The van der Waals surface area contributed by atoms with Gasteiger partial charge in [-0.3, -0.25) is 4.68 Å². The van der Waals surface area contributed by atoms with Gasteiger partial charge >= 0.3 is 6.03 Å². The van der Waals surface area contributed by atoms with E-state index in [0.717, 1.165) is 16.9 Å². The molecule has 1 heterocycles. The van der Waals surface area contributed by atoms with Crippen LogP contribution in [0.15, 0.2) is 36.5 Å². The van der Waals surface area contributed by atoms with Crippen molar-refractivity contribution in [2.75, 3.05) is 5.32 Å². The first-order chi connectivity index (χ1) is 9.54. The molecule has 0 aliphatic heterocycles. The van der Waals surface area contributed by atoms with Crippen molar-refractivity contribution >= 4 is 11.7 Å². The summed E-state index contributed by atoms with van der Waals surface area (Å²) in [5.74, 6) is 0. The van der Waals surface area contributed by atoms with Crippen molar-refractivity contribution in [2.45, 2.75) is 19.5 Å². The first kappa shape index (κ1) is 14.1. The highest BCUT2D eigenvalue weighted by atomic mass is 16.2. The third-order valence-electron chi connectivity index (χ3n) is 2.87. The van der Waals surface area contributed by atoms with E-state index in [4.69, 9.17) is 5.73 Å². The molecule has 6 heteroatoms. The Bertz CT molecular complexity index is 591. The molecule has 0 saturated heterocycles. The van der Waals surface area contributed by atoms with E-state index in [1.54, 1.807) is 4.68 Å². The summed E-state index contributed by atoms with van der Waals surface area (Å²) in [4.78, 5) is 11.8. The summed E-state index contributed by atoms with van der Waals surface area (Å²) < 4.78 is 1.70. The number of carbonyl (C=O) groups excluding carboxylic acids is 1. The zero-order valence-corrected chi connectivity index (χ0v) is 11.6. The quantitative estimate of drug-likeness (QED) is 0.793. The lowest BCUT2D eigenvalue weighted by molar-refractivity contribution is 0.251. The van der Waals surface area contributed by atoms with Crippen LogP contribution in [0.25, 0.3) is 0 Å². The molecule has 2 amide bonds. The number of aromatic nitrogens is 2. The number of anilines is 1. The van der Waals surface area contributed by atoms with Crippen LogP contribution in [0, 0.1) is 0 Å². The molecule has 0 saturated carbocycles. The monoisotopic (exact) mass is 273 g/mol. The van der Waals surface area contributed by atoms with Crippen molar-refractivity contribution in [3.05, 3.63) is 47.8 Å². The van der Waals surface area contributed by atoms with Gasteiger partial charge in [0.1, 0.15) is 0 Å². The van der Waals surface area contributed by atoms with Crippen LogP contribution in [0.2, 0.25) is 0 Å². The van der Waals surface area contributed by atoms with Crippen LogP contribution in [0.4, 0.5) is 10.5 Å². The maximum Gasteiger partial charge on any atom is 0.319 e. The van der Waals surface area contributed by atoms with Crippen LogP contribution in [-0.2, 0) is 13.6 Å². The highest BCUT2D eigenvalue weighted by molar-refractivity contribution is 5.89. The van der Waals surface area contributed by atoms with Crippen LogP contribution in [-0.4, -0.2) is 15.8 Å². The molecule has 0 fully saturated rings. The molecule has 1 atom stereocenters. The summed E-state index contributed by atoms with van der Waals surface area (Å²) >= 11 is 0. The highest BCUT2D eigenvalue weighted by Gasteiger charge is 2.05. The molecule has 2 aromatic rings. The van der Waals surface area contributed by atoms with Gasteiger partial charge in [0, 0.05) is 25.0 Å². The van der Waals surface area contributed by atoms with Crippen molar-refractivity contribution in [2.24, 2.45) is 12.8 Å². The number of hydrogen-bond acceptors (Lipinski definition) is 3. The Balaban J connectivity index is 1.89. The van der Waals surface area contributed by atoms with Gasteiger partial charge < -0.3 is 16.4 Å². The molecule has 0 bridgehead atoms. The molecule has 2 rings (SSSR count). The normalized spacial score (nSPS) is 11.9. The van der Waals surface area contributed by atoms with Gasteiger partial charge in [0.2, 0.25) is 0 Å². The van der Waals surface area contributed by atoms with Gasteiger partial charge in [-0.05, 0) is 30.7 Å². The number of benzene rings is 1. The molecule has 0 spiro atoms. The van der Waals surface area contributed by atoms with Crippen LogP contribution < -0.4 is 16.4 Å². The van der Waals surface area contributed by atoms with Gasteiger partial charge in [0.15, 0.2) is 0 Å². The van der Waals surface area contributed by atoms with Gasteiger partial charge in [-0.1, -0.05) is 12.1 Å². The fourth-order valence-corrected chi connectivity index (χ4v) is 1.80. The molecule has 4 N–H and O–H groups in total. The molecule has 0 aliphatic carbocycles. The zero-order chi connectivity index (χ0) is 14.5. The number of urea groups is 1. The van der Waals surface area contributed by atoms with E-state index in [9.17, 15) is 4.79 Å². The van der Waals surface area contributed by atoms with Gasteiger partial charge in [-0.15, -0.1) is 0 Å². The number of nitrogens with zero attached hydrogens (tertiary/aromatic N) is 2. The predicted octanol–water partition coefficient (Wildman–Crippen LogP) is 1.76. The maximum atomic E-state index is 11.8. The topological polar surface area (TPSA) is 85.0 Å². The second kappa shape index (κ2) is 6.21. The van der Waals surface area contributed by atoms with Gasteiger partial charge in [-0.2, -0.15) is 5.10 Å². The van der Waals surface area contributed by atoms with Gasteiger partial charge in [0.25, 0.3) is 0 Å². The van der Waals surface area contributed by atoms with Gasteiger partial charge in [-0.25, -0.2) is 4.79 Å². The number of aryl methyl sites for hydroxylation is 1. The van der Waals surface area contributed by atoms with Crippen LogP contribution >= 0.6 is 0 Å². The third kappa shape index (κ3) is 3.83. The Morgan fingerprint density at radius 2 is 2.25 bits per heavy atom. The second-order valence-electron chi connectivity index (χ2n) is 4.70. The van der Waals surface area contributed by atoms with Crippen LogP contribution in [0.1, 0.15) is 24.2 Å². The Hall–Kier alpha value is -2.34. The van der Waals surface area contributed by atoms with Crippen LogP contribution in [0.5, 0.6) is 0 Å². The molecule has 1 aromatic carbocycles. The average molecular weight is 273 g/mol. The molecule has 1 aromatic heterocycles. The summed E-state index contributed by atoms with van der Waals surface area (Å²) in [5, 5.41) is 9.71. The summed E-state index contributed by atoms with van der Waals surface area (Å²) in [7, 11) is 1.84. The average Bonchev–Trinajstić information content (AvgIpc) is 2.82. The van der Waals surface area contributed by atoms with E-state index in [-0.39, 0.29) is 12.1 Å². The first-order valence-electron chi connectivity index (χ1n) is 6.43. The fraction of sp³-hybridized carbons (Fsp3) is 0.286. The number of rotatable bonds is 4. The Kier molecular flexibility index (Phi) is 4.37. The first-order valence-corrected chi connectivity index (χ1v) is 6.43. The number of nitrogens with one attached hydrogen (secondary N) is 2. The lowest BCUT2D eigenvalue weighted by Gasteiger charge is -2.10. The summed E-state index contributed by atoms with van der Waals surface area (Å²) in [6.45, 7) is 2.29. The predicted molar refractivity (Wildman–Crippen MR) is 78.1 cm³/mol. The van der Waals surface area contributed by atoms with Crippen molar-refractivity contribution < 1.29 is 4.79 Å². The number of hydrogen-bond donors (Lipinski definition) is 3. The van der Waals surface area contributed by atoms with E-state index in [1.807, 2.05) is 50.5 Å². The molecular formula is C14H19N5O. The molecular weight excluding hydrogens is 254 g/mol. The lowest BCUT2D eigenvalue weighted by atomic mass is 10.1. The van der Waals surface area contributed by atoms with E-state index in [0.29, 0.717) is 6.54 Å². The molecule has 0 aliphatic rings. The molecule has 1 unspecified atom stereocenters. The molecule has 6 nitrogen and oxygen atoms in total. The van der Waals surface area contributed by atoms with Crippen molar-refractivity contribution in [3.8, 4) is 0 Å². The number of nitrogens with two attached hydrogens (primary N) is 1. The van der Waals surface area contributed by atoms with Crippen molar-refractivity contribution in [1.29, 1.82) is 0 Å². The minimum absolute atomic E-state index is 0.0617. The highest BCUT2D eigenvalue weighted by Crippen LogP contribution is 2.15. The maximum absolute atomic E-state index is 11.8. The van der Waals surface area contributed by atoms with E-state index < -0.39 is 0 Å². The minimum atomic E-state index is -0.266. The van der Waals surface area contributed by atoms with Crippen molar-refractivity contribution in [1.82, 2.24) is 15.1 Å². The van der Waals surface area contributed by atoms with E-state index >= 15 is 0 Å². The standard InChI is InChI=1S/C14H19N5O/c1-10(15)11-4-3-5-12(8-11)17-14(20)16-9-13-6-7-19(2)18-13/h3-8,10H,9,15H2,1-2H3,(H2,16,17,20). The molecule has 106 valence electrons. The van der Waals surface area contributed by atoms with E-state index in [2.05, 4.69) is 15.7 Å². The fourth-order valence-electron chi connectivity index (χ4n) is 1.80. The summed E-state index contributed by atoms with van der Waals surface area (Å²) in [6, 6.07) is 9.02. The minimum Gasteiger partial charge on any atom is -0.332 e. The zero-order valence-electron chi connectivity index (χ0n) is 11.6. The second-order valence-corrected chi connectivity index (χ2v) is 4.70. The van der Waals surface area contributed by atoms with Crippen molar-refractivity contribution in [3.63, 3.8) is 0 Å². The molecule has 0 radical (unpaired) electrons. The Morgan fingerprint density at radius 3 is 2.90 bits per heavy atom. The summed E-state index contributed by atoms with van der Waals surface area (Å²) in [6.07, 6.45) is 1.83. The Labute approximate surface area is 118 Å². The van der Waals surface area contributed by atoms with E-state index in [1.165, 1.54) is 0 Å². The SMILES string of the molecule is CC(N)c1cccc(NC(=O)NCc2ccn(C)n2)c1. The Morgan fingerprint density at radius 1 is 1.45 bits per heavy atom. The lowest BCUT2D eigenvalue weighted by Crippen LogP contribution is -2.28. The third-order valence-corrected chi connectivity index (χ3v) is 2.87. The number of amides is 2. The van der Waals surface area contributed by atoms with Gasteiger partial charge in [0.05, 0.1) is 12.2 Å². The molecule has 20 heavy (non-hydrogen) atoms. The van der Waals surface area contributed by atoms with Crippen LogP contribution in [0.3, 0.4) is 0 Å².